The van der Waals surface area contributed by atoms with Crippen LogP contribution in [-0.4, -0.2) is 30.0 Å². The molecule has 0 bridgehead atoms. The Morgan fingerprint density at radius 2 is 2.09 bits per heavy atom. The van der Waals surface area contributed by atoms with Gasteiger partial charge in [-0.3, -0.25) is 20.2 Å². The molecule has 0 fully saturated rings. The van der Waals surface area contributed by atoms with Crippen LogP contribution in [-0.2, 0) is 4.79 Å². The highest BCUT2D eigenvalue weighted by atomic mass is 35.5. The smallest absolute Gasteiger partial charge is 0.321 e. The fourth-order valence-corrected chi connectivity index (χ4v) is 1.57. The Hall–Kier alpha value is -2.35. The van der Waals surface area contributed by atoms with E-state index in [4.69, 9.17) is 16.3 Å². The van der Waals surface area contributed by atoms with E-state index in [1.807, 2.05) is 13.8 Å². The van der Waals surface area contributed by atoms with Crippen LogP contribution in [0.15, 0.2) is 18.2 Å². The highest BCUT2D eigenvalue weighted by Gasteiger charge is 2.17. The molecule has 0 aliphatic carbocycles. The van der Waals surface area contributed by atoms with Gasteiger partial charge in [-0.2, -0.15) is 0 Å². The quantitative estimate of drug-likeness (QED) is 0.613. The van der Waals surface area contributed by atoms with E-state index in [-0.39, 0.29) is 22.4 Å². The lowest BCUT2D eigenvalue weighted by Crippen LogP contribution is -2.42. The molecule has 0 atom stereocenters. The van der Waals surface area contributed by atoms with Crippen molar-refractivity contribution < 1.29 is 19.2 Å². The molecule has 0 unspecified atom stereocenters. The van der Waals surface area contributed by atoms with Gasteiger partial charge in [-0.05, 0) is 18.1 Å². The maximum absolute atomic E-state index is 11.5. The molecule has 0 aliphatic heterocycles. The van der Waals surface area contributed by atoms with Gasteiger partial charge in [-0.15, -0.1) is 0 Å². The molecule has 22 heavy (non-hydrogen) atoms. The van der Waals surface area contributed by atoms with Crippen molar-refractivity contribution in [2.75, 3.05) is 13.2 Å². The van der Waals surface area contributed by atoms with Gasteiger partial charge in [0, 0.05) is 17.6 Å². The summed E-state index contributed by atoms with van der Waals surface area (Å²) in [6, 6.07) is 3.15. The zero-order valence-electron chi connectivity index (χ0n) is 12.1. The lowest BCUT2D eigenvalue weighted by Gasteiger charge is -2.09. The SMILES string of the molecule is CC(C)CNC(=O)NC(=O)COc1ccc(Cl)cc1[N+](=O)[O-]. The summed E-state index contributed by atoms with van der Waals surface area (Å²) in [5, 5.41) is 15.6. The van der Waals surface area contributed by atoms with Gasteiger partial charge in [0.05, 0.1) is 4.92 Å². The second kappa shape index (κ2) is 8.18. The fourth-order valence-electron chi connectivity index (χ4n) is 1.40. The van der Waals surface area contributed by atoms with Gasteiger partial charge in [0.15, 0.2) is 12.4 Å². The number of nitro groups is 1. The van der Waals surface area contributed by atoms with Crippen molar-refractivity contribution >= 4 is 29.2 Å². The fraction of sp³-hybridized carbons (Fsp3) is 0.385. The second-order valence-corrected chi connectivity index (χ2v) is 5.25. The van der Waals surface area contributed by atoms with Crippen LogP contribution < -0.4 is 15.4 Å². The summed E-state index contributed by atoms with van der Waals surface area (Å²) >= 11 is 5.66. The van der Waals surface area contributed by atoms with Crippen molar-refractivity contribution in [1.82, 2.24) is 10.6 Å². The van der Waals surface area contributed by atoms with Crippen LogP contribution in [0.3, 0.4) is 0 Å². The summed E-state index contributed by atoms with van der Waals surface area (Å²) in [4.78, 5) is 33.1. The Bertz CT molecular complexity index is 577. The Balaban J connectivity index is 2.54. The number of hydrogen-bond acceptors (Lipinski definition) is 5. The zero-order chi connectivity index (χ0) is 16.7. The first-order valence-corrected chi connectivity index (χ1v) is 6.81. The maximum Gasteiger partial charge on any atom is 0.321 e. The number of imide groups is 1. The summed E-state index contributed by atoms with van der Waals surface area (Å²) in [7, 11) is 0. The van der Waals surface area contributed by atoms with E-state index in [1.165, 1.54) is 12.1 Å². The van der Waals surface area contributed by atoms with Crippen LogP contribution in [0.4, 0.5) is 10.5 Å². The minimum atomic E-state index is -0.717. The summed E-state index contributed by atoms with van der Waals surface area (Å²) in [5.41, 5.74) is -0.357. The molecule has 0 saturated carbocycles. The molecule has 0 spiro atoms. The molecule has 1 aromatic carbocycles. The van der Waals surface area contributed by atoms with E-state index in [9.17, 15) is 19.7 Å². The zero-order valence-corrected chi connectivity index (χ0v) is 12.8. The normalized spacial score (nSPS) is 10.2. The molecule has 0 aliphatic rings. The molecule has 0 saturated heterocycles. The van der Waals surface area contributed by atoms with Gasteiger partial charge in [0.1, 0.15) is 0 Å². The van der Waals surface area contributed by atoms with Crippen LogP contribution in [0, 0.1) is 16.0 Å². The lowest BCUT2D eigenvalue weighted by atomic mass is 10.2. The maximum atomic E-state index is 11.5. The van der Waals surface area contributed by atoms with Gasteiger partial charge in [0.2, 0.25) is 0 Å². The van der Waals surface area contributed by atoms with Crippen molar-refractivity contribution in [3.63, 3.8) is 0 Å². The van der Waals surface area contributed by atoms with E-state index in [1.54, 1.807) is 0 Å². The number of hydrogen-bond donors (Lipinski definition) is 2. The molecule has 8 nitrogen and oxygen atoms in total. The summed E-state index contributed by atoms with van der Waals surface area (Å²) in [6.07, 6.45) is 0. The third-order valence-corrected chi connectivity index (χ3v) is 2.64. The molecule has 1 rings (SSSR count). The monoisotopic (exact) mass is 329 g/mol. The van der Waals surface area contributed by atoms with Crippen LogP contribution >= 0.6 is 11.6 Å². The van der Waals surface area contributed by atoms with Gasteiger partial charge in [0.25, 0.3) is 5.91 Å². The van der Waals surface area contributed by atoms with E-state index in [0.717, 1.165) is 6.07 Å². The Labute approximate surface area is 131 Å². The molecule has 3 amide bonds. The lowest BCUT2D eigenvalue weighted by molar-refractivity contribution is -0.385. The molecule has 1 aromatic rings. The largest absolute Gasteiger partial charge is 0.477 e. The second-order valence-electron chi connectivity index (χ2n) is 4.81. The number of carbonyl (C=O) groups is 2. The van der Waals surface area contributed by atoms with E-state index < -0.39 is 23.5 Å². The summed E-state index contributed by atoms with van der Waals surface area (Å²) in [5.74, 6) is -0.577. The van der Waals surface area contributed by atoms with E-state index in [0.29, 0.717) is 6.54 Å². The molecule has 0 aromatic heterocycles. The average Bonchev–Trinajstić information content (AvgIpc) is 2.43. The predicted molar refractivity (Wildman–Crippen MR) is 80.0 cm³/mol. The highest BCUT2D eigenvalue weighted by Crippen LogP contribution is 2.29. The number of rotatable bonds is 6. The highest BCUT2D eigenvalue weighted by molar-refractivity contribution is 6.30. The van der Waals surface area contributed by atoms with Crippen LogP contribution in [0.1, 0.15) is 13.8 Å². The number of carbonyl (C=O) groups excluding carboxylic acids is 2. The molecule has 9 heteroatoms. The average molecular weight is 330 g/mol. The molecular formula is C13H16ClN3O5. The molecule has 2 N–H and O–H groups in total. The van der Waals surface area contributed by atoms with Crippen LogP contribution in [0.5, 0.6) is 5.75 Å². The van der Waals surface area contributed by atoms with Gasteiger partial charge in [-0.25, -0.2) is 4.79 Å². The van der Waals surface area contributed by atoms with Crippen molar-refractivity contribution in [3.05, 3.63) is 33.3 Å². The van der Waals surface area contributed by atoms with Gasteiger partial charge in [-0.1, -0.05) is 25.4 Å². The van der Waals surface area contributed by atoms with E-state index >= 15 is 0 Å². The van der Waals surface area contributed by atoms with Gasteiger partial charge >= 0.3 is 11.7 Å². The summed E-state index contributed by atoms with van der Waals surface area (Å²) in [6.45, 7) is 3.70. The van der Waals surface area contributed by atoms with Crippen LogP contribution in [0.2, 0.25) is 5.02 Å². The molecule has 0 heterocycles. The van der Waals surface area contributed by atoms with Crippen molar-refractivity contribution in [1.29, 1.82) is 0 Å². The number of halogens is 1. The topological polar surface area (TPSA) is 111 Å². The number of nitrogens with zero attached hydrogens (tertiary/aromatic N) is 1. The molecular weight excluding hydrogens is 314 g/mol. The van der Waals surface area contributed by atoms with Crippen molar-refractivity contribution in [3.8, 4) is 5.75 Å². The number of nitro benzene ring substituents is 1. The Kier molecular flexibility index (Phi) is 6.58. The Morgan fingerprint density at radius 1 is 1.41 bits per heavy atom. The minimum absolute atomic E-state index is 0.105. The standard InChI is InChI=1S/C13H16ClN3O5/c1-8(2)6-15-13(19)16-12(18)7-22-11-4-3-9(14)5-10(11)17(20)21/h3-5,8H,6-7H2,1-2H3,(H2,15,16,18,19). The summed E-state index contributed by atoms with van der Waals surface area (Å²) < 4.78 is 5.05. The number of nitrogens with one attached hydrogen (secondary N) is 2. The number of ether oxygens (including phenoxy) is 1. The van der Waals surface area contributed by atoms with Crippen LogP contribution in [0.25, 0.3) is 0 Å². The third-order valence-electron chi connectivity index (χ3n) is 2.40. The van der Waals surface area contributed by atoms with Crippen molar-refractivity contribution in [2.45, 2.75) is 13.8 Å². The molecule has 0 radical (unpaired) electrons. The Morgan fingerprint density at radius 3 is 2.68 bits per heavy atom. The molecule has 120 valence electrons. The number of amides is 3. The first-order valence-electron chi connectivity index (χ1n) is 6.44. The van der Waals surface area contributed by atoms with Crippen molar-refractivity contribution in [2.24, 2.45) is 5.92 Å². The third kappa shape index (κ3) is 5.96. The number of urea groups is 1. The predicted octanol–water partition coefficient (Wildman–Crippen LogP) is 2.11. The van der Waals surface area contributed by atoms with E-state index in [2.05, 4.69) is 10.6 Å². The van der Waals surface area contributed by atoms with Gasteiger partial charge < -0.3 is 10.1 Å². The first-order chi connectivity index (χ1) is 10.3. The minimum Gasteiger partial charge on any atom is -0.477 e. The number of benzene rings is 1. The first kappa shape index (κ1) is 17.7.